The number of aromatic nitrogens is 1. The summed E-state index contributed by atoms with van der Waals surface area (Å²) in [6, 6.07) is 3.55. The molecule has 10 nitrogen and oxygen atoms in total. The first-order valence-corrected chi connectivity index (χ1v) is 13.4. The average Bonchev–Trinajstić information content (AvgIpc) is 2.81. The molecule has 2 rings (SSSR count). The highest BCUT2D eigenvalue weighted by Gasteiger charge is 2.32. The SMILES string of the molecule is CCCCC(CCC)OP(=O)(O)CNC(=O)c1cc(Oc2ncc(C(F)(F)F)cc2Cl)ccc1[N+](=O)[O-]. The largest absolute Gasteiger partial charge is 0.438 e. The summed E-state index contributed by atoms with van der Waals surface area (Å²) in [7, 11) is -4.28. The molecule has 0 saturated carbocycles. The van der Waals surface area contributed by atoms with Crippen molar-refractivity contribution < 1.29 is 41.6 Å². The van der Waals surface area contributed by atoms with E-state index in [1.165, 1.54) is 0 Å². The van der Waals surface area contributed by atoms with Gasteiger partial charge in [0.25, 0.3) is 11.6 Å². The molecule has 37 heavy (non-hydrogen) atoms. The Morgan fingerprint density at radius 2 is 1.97 bits per heavy atom. The van der Waals surface area contributed by atoms with Crippen LogP contribution in [-0.2, 0) is 15.3 Å². The number of pyridine rings is 1. The Bertz CT molecular complexity index is 1170. The molecule has 1 aromatic heterocycles. The number of benzene rings is 1. The van der Waals surface area contributed by atoms with E-state index in [1.54, 1.807) is 0 Å². The normalized spacial score (nSPS) is 14.0. The summed E-state index contributed by atoms with van der Waals surface area (Å²) in [5, 5.41) is 13.1. The van der Waals surface area contributed by atoms with Crippen molar-refractivity contribution in [3.8, 4) is 11.6 Å². The van der Waals surface area contributed by atoms with Gasteiger partial charge < -0.3 is 19.5 Å². The molecule has 0 fully saturated rings. The Balaban J connectivity index is 2.21. The van der Waals surface area contributed by atoms with Crippen molar-refractivity contribution in [1.82, 2.24) is 10.3 Å². The van der Waals surface area contributed by atoms with E-state index in [2.05, 4.69) is 10.3 Å². The molecule has 0 radical (unpaired) electrons. The Hall–Kier alpha value is -2.73. The molecule has 0 saturated heterocycles. The molecule has 2 N–H and O–H groups in total. The summed E-state index contributed by atoms with van der Waals surface area (Å²) in [6.07, 6.45) is -1.99. The molecule has 0 bridgehead atoms. The van der Waals surface area contributed by atoms with Gasteiger partial charge in [-0.1, -0.05) is 44.7 Å². The highest BCUT2D eigenvalue weighted by Crippen LogP contribution is 2.43. The molecule has 2 unspecified atom stereocenters. The zero-order chi connectivity index (χ0) is 27.8. The number of hydrogen-bond donors (Lipinski definition) is 2. The number of amides is 1. The Morgan fingerprint density at radius 1 is 1.27 bits per heavy atom. The van der Waals surface area contributed by atoms with Crippen LogP contribution in [0.15, 0.2) is 30.5 Å². The minimum absolute atomic E-state index is 0.198. The second-order valence-corrected chi connectivity index (χ2v) is 10.2. The van der Waals surface area contributed by atoms with Crippen LogP contribution >= 0.6 is 19.2 Å². The van der Waals surface area contributed by atoms with Crippen LogP contribution in [0, 0.1) is 10.1 Å². The number of alkyl halides is 3. The molecular formula is C22H26ClF3N3O7P. The van der Waals surface area contributed by atoms with E-state index >= 15 is 0 Å². The fourth-order valence-corrected chi connectivity index (χ4v) is 4.53. The monoisotopic (exact) mass is 567 g/mol. The van der Waals surface area contributed by atoms with Crippen LogP contribution in [-0.4, -0.2) is 33.1 Å². The van der Waals surface area contributed by atoms with E-state index in [-0.39, 0.29) is 5.75 Å². The number of halogens is 4. The van der Waals surface area contributed by atoms with E-state index in [1.807, 2.05) is 13.8 Å². The van der Waals surface area contributed by atoms with Gasteiger partial charge in [0.1, 0.15) is 22.6 Å². The van der Waals surface area contributed by atoms with Crippen LogP contribution < -0.4 is 10.1 Å². The van der Waals surface area contributed by atoms with Gasteiger partial charge >= 0.3 is 13.8 Å². The number of carbonyl (C=O) groups excluding carboxylic acids is 1. The summed E-state index contributed by atoms with van der Waals surface area (Å²) in [5.41, 5.74) is -2.28. The maximum Gasteiger partial charge on any atom is 0.417 e. The standard InChI is InChI=1S/C22H26ClF3N3O7P/c1-3-5-7-15(6-4-2)36-37(33,34)13-28-20(30)17-11-16(8-9-19(17)29(31)32)35-21-18(23)10-14(12-27-21)22(24,25)26/h8-12,15H,3-7,13H2,1-2H3,(H,28,30)(H,33,34). The first-order chi connectivity index (χ1) is 17.3. The molecular weight excluding hydrogens is 542 g/mol. The minimum atomic E-state index is -4.68. The fourth-order valence-electron chi connectivity index (χ4n) is 3.23. The molecule has 15 heteroatoms. The van der Waals surface area contributed by atoms with Crippen molar-refractivity contribution in [2.24, 2.45) is 0 Å². The summed E-state index contributed by atoms with van der Waals surface area (Å²) < 4.78 is 61.6. The highest BCUT2D eigenvalue weighted by atomic mass is 35.5. The lowest BCUT2D eigenvalue weighted by molar-refractivity contribution is -0.385. The summed E-state index contributed by atoms with van der Waals surface area (Å²) in [5.74, 6) is -1.70. The van der Waals surface area contributed by atoms with Crippen molar-refractivity contribution in [1.29, 1.82) is 0 Å². The third kappa shape index (κ3) is 9.26. The highest BCUT2D eigenvalue weighted by molar-refractivity contribution is 7.52. The van der Waals surface area contributed by atoms with Gasteiger partial charge in [-0.25, -0.2) is 4.98 Å². The molecule has 0 aliphatic rings. The van der Waals surface area contributed by atoms with Crippen LogP contribution in [0.3, 0.4) is 0 Å². The molecule has 1 heterocycles. The lowest BCUT2D eigenvalue weighted by Crippen LogP contribution is -2.27. The second-order valence-electron chi connectivity index (χ2n) is 8.01. The minimum Gasteiger partial charge on any atom is -0.438 e. The molecule has 0 aliphatic carbocycles. The molecule has 204 valence electrons. The fraction of sp³-hybridized carbons (Fsp3) is 0.455. The van der Waals surface area contributed by atoms with Crippen molar-refractivity contribution in [3.05, 3.63) is 56.7 Å². The summed E-state index contributed by atoms with van der Waals surface area (Å²) in [4.78, 5) is 37.0. The third-order valence-corrected chi connectivity index (χ3v) is 6.46. The zero-order valence-corrected chi connectivity index (χ0v) is 21.6. The average molecular weight is 568 g/mol. The van der Waals surface area contributed by atoms with Gasteiger partial charge in [0.15, 0.2) is 0 Å². The van der Waals surface area contributed by atoms with Crippen molar-refractivity contribution in [3.63, 3.8) is 0 Å². The number of rotatable bonds is 13. The molecule has 0 spiro atoms. The van der Waals surface area contributed by atoms with Crippen LogP contribution in [0.5, 0.6) is 11.6 Å². The van der Waals surface area contributed by atoms with Crippen molar-refractivity contribution >= 4 is 30.8 Å². The van der Waals surface area contributed by atoms with E-state index in [9.17, 15) is 37.5 Å². The number of hydrogen-bond acceptors (Lipinski definition) is 7. The molecule has 2 atom stereocenters. The van der Waals surface area contributed by atoms with Crippen molar-refractivity contribution in [2.75, 3.05) is 6.29 Å². The Labute approximate surface area is 215 Å². The maximum absolute atomic E-state index is 12.8. The van der Waals surface area contributed by atoms with Crippen LogP contribution in [0.4, 0.5) is 18.9 Å². The first-order valence-electron chi connectivity index (χ1n) is 11.2. The van der Waals surface area contributed by atoms with Gasteiger partial charge in [0.2, 0.25) is 5.88 Å². The van der Waals surface area contributed by atoms with Gasteiger partial charge in [-0.2, -0.15) is 13.2 Å². The smallest absolute Gasteiger partial charge is 0.417 e. The zero-order valence-electron chi connectivity index (χ0n) is 20.0. The van der Waals surface area contributed by atoms with E-state index < -0.39 is 64.7 Å². The van der Waals surface area contributed by atoms with Crippen molar-refractivity contribution in [2.45, 2.75) is 58.2 Å². The quantitative estimate of drug-likeness (QED) is 0.155. The van der Waals surface area contributed by atoms with Gasteiger partial charge in [0.05, 0.1) is 16.6 Å². The van der Waals surface area contributed by atoms with E-state index in [4.69, 9.17) is 20.9 Å². The van der Waals surface area contributed by atoms with Crippen LogP contribution in [0.1, 0.15) is 61.9 Å². The number of nitrogens with one attached hydrogen (secondary N) is 1. The molecule has 2 aromatic rings. The second kappa shape index (κ2) is 13.2. The first kappa shape index (κ1) is 30.5. The summed E-state index contributed by atoms with van der Waals surface area (Å²) >= 11 is 5.82. The third-order valence-electron chi connectivity index (χ3n) is 5.00. The van der Waals surface area contributed by atoms with E-state index in [0.29, 0.717) is 25.1 Å². The summed E-state index contributed by atoms with van der Waals surface area (Å²) in [6.45, 7) is 3.86. The predicted octanol–water partition coefficient (Wildman–Crippen LogP) is 6.70. The Morgan fingerprint density at radius 3 is 2.54 bits per heavy atom. The van der Waals surface area contributed by atoms with Gasteiger partial charge in [-0.05, 0) is 25.0 Å². The molecule has 1 aromatic carbocycles. The van der Waals surface area contributed by atoms with Gasteiger partial charge in [-0.3, -0.25) is 19.5 Å². The number of carbonyl (C=O) groups is 1. The number of ether oxygens (including phenoxy) is 1. The number of unbranched alkanes of at least 4 members (excludes halogenated alkanes) is 1. The molecule has 1 amide bonds. The van der Waals surface area contributed by atoms with Crippen LogP contribution in [0.2, 0.25) is 5.02 Å². The van der Waals surface area contributed by atoms with Crippen LogP contribution in [0.25, 0.3) is 0 Å². The number of nitrogens with zero attached hydrogens (tertiary/aromatic N) is 2. The maximum atomic E-state index is 12.8. The van der Waals surface area contributed by atoms with Gasteiger partial charge in [-0.15, -0.1) is 0 Å². The van der Waals surface area contributed by atoms with Gasteiger partial charge in [0, 0.05) is 18.3 Å². The lowest BCUT2D eigenvalue weighted by Gasteiger charge is -2.21. The topological polar surface area (TPSA) is 141 Å². The number of nitro groups is 1. The number of nitro benzene ring substituents is 1. The molecule has 0 aliphatic heterocycles. The predicted molar refractivity (Wildman–Crippen MR) is 129 cm³/mol. The van der Waals surface area contributed by atoms with E-state index in [0.717, 1.165) is 37.5 Å². The lowest BCUT2D eigenvalue weighted by atomic mass is 10.1. The Kier molecular flexibility index (Phi) is 10.9.